The van der Waals surface area contributed by atoms with E-state index in [0.29, 0.717) is 5.69 Å². The van der Waals surface area contributed by atoms with Crippen molar-refractivity contribution in [1.29, 1.82) is 0 Å². The third-order valence-corrected chi connectivity index (χ3v) is 4.82. The Hall–Kier alpha value is -3.47. The predicted molar refractivity (Wildman–Crippen MR) is 120 cm³/mol. The summed E-state index contributed by atoms with van der Waals surface area (Å²) in [6, 6.07) is 23.0. The van der Waals surface area contributed by atoms with Gasteiger partial charge >= 0.3 is 0 Å². The van der Waals surface area contributed by atoms with Crippen molar-refractivity contribution in [2.24, 2.45) is 0 Å². The van der Waals surface area contributed by atoms with Crippen molar-refractivity contribution in [3.63, 3.8) is 0 Å². The van der Waals surface area contributed by atoms with Crippen molar-refractivity contribution in [3.8, 4) is 11.4 Å². The summed E-state index contributed by atoms with van der Waals surface area (Å²) in [5.74, 6) is 0.634. The molecule has 1 atom stereocenters. The first-order valence-corrected chi connectivity index (χ1v) is 10.1. The molecule has 152 valence electrons. The predicted octanol–water partition coefficient (Wildman–Crippen LogP) is 4.91. The van der Waals surface area contributed by atoms with E-state index in [0.717, 1.165) is 28.1 Å². The van der Waals surface area contributed by atoms with E-state index in [4.69, 9.17) is 9.97 Å². The molecule has 0 aliphatic rings. The van der Waals surface area contributed by atoms with Gasteiger partial charge in [0, 0.05) is 16.8 Å². The molecule has 30 heavy (non-hydrogen) atoms. The molecular formula is C25H26N4O. The number of aromatic nitrogens is 3. The van der Waals surface area contributed by atoms with Crippen LogP contribution in [0.5, 0.6) is 0 Å². The first-order valence-electron chi connectivity index (χ1n) is 10.1. The number of hydrogen-bond donors (Lipinski definition) is 1. The molecule has 2 aromatic heterocycles. The molecule has 4 aromatic rings. The van der Waals surface area contributed by atoms with E-state index in [1.807, 2.05) is 105 Å². The van der Waals surface area contributed by atoms with Crippen LogP contribution in [0.25, 0.3) is 22.4 Å². The quantitative estimate of drug-likeness (QED) is 0.531. The van der Waals surface area contributed by atoms with E-state index in [9.17, 15) is 4.79 Å². The maximum atomic E-state index is 13.6. The molecule has 0 bridgehead atoms. The van der Waals surface area contributed by atoms with Crippen LogP contribution in [0.2, 0.25) is 0 Å². The molecule has 1 amide bonds. The topological polar surface area (TPSA) is 59.8 Å². The number of rotatable bonds is 4. The number of carbonyl (C=O) groups excluding carboxylic acids is 1. The van der Waals surface area contributed by atoms with Gasteiger partial charge < -0.3 is 9.88 Å². The second kappa shape index (κ2) is 7.75. The van der Waals surface area contributed by atoms with E-state index in [1.165, 1.54) is 0 Å². The lowest BCUT2D eigenvalue weighted by molar-refractivity contribution is -0.124. The minimum Gasteiger partial charge on any atom is -0.349 e. The number of nitrogens with zero attached hydrogens (tertiary/aromatic N) is 3. The van der Waals surface area contributed by atoms with Crippen LogP contribution >= 0.6 is 0 Å². The molecule has 2 aromatic carbocycles. The zero-order valence-corrected chi connectivity index (χ0v) is 17.8. The largest absolute Gasteiger partial charge is 0.349 e. The standard InChI is InChI=1S/C25H26N4O/c1-17-11-10-15-20(26-17)22(24(30)28-25(2,3)4)29-21-16-9-8-14-19(21)27-23(29)18-12-6-5-7-13-18/h5-16,22H,1-4H3,(H,28,30). The Labute approximate surface area is 176 Å². The third-order valence-electron chi connectivity index (χ3n) is 4.82. The summed E-state index contributed by atoms with van der Waals surface area (Å²) < 4.78 is 2.01. The highest BCUT2D eigenvalue weighted by molar-refractivity contribution is 5.89. The molecule has 1 N–H and O–H groups in total. The van der Waals surface area contributed by atoms with Crippen molar-refractivity contribution in [2.45, 2.75) is 39.3 Å². The fraction of sp³-hybridized carbons (Fsp3) is 0.240. The van der Waals surface area contributed by atoms with Gasteiger partial charge in [0.1, 0.15) is 5.82 Å². The van der Waals surface area contributed by atoms with E-state index in [-0.39, 0.29) is 11.4 Å². The number of pyridine rings is 1. The molecule has 5 heteroatoms. The monoisotopic (exact) mass is 398 g/mol. The smallest absolute Gasteiger partial charge is 0.249 e. The Morgan fingerprint density at radius 3 is 2.30 bits per heavy atom. The van der Waals surface area contributed by atoms with Crippen molar-refractivity contribution in [2.75, 3.05) is 0 Å². The maximum absolute atomic E-state index is 13.6. The van der Waals surface area contributed by atoms with Crippen LogP contribution in [0, 0.1) is 6.92 Å². The summed E-state index contributed by atoms with van der Waals surface area (Å²) in [7, 11) is 0. The molecule has 2 heterocycles. The number of benzene rings is 2. The van der Waals surface area contributed by atoms with Gasteiger partial charge in [-0.25, -0.2) is 4.98 Å². The van der Waals surface area contributed by atoms with E-state index in [1.54, 1.807) is 0 Å². The maximum Gasteiger partial charge on any atom is 0.249 e. The lowest BCUT2D eigenvalue weighted by Gasteiger charge is -2.27. The van der Waals surface area contributed by atoms with Crippen molar-refractivity contribution in [3.05, 3.63) is 84.2 Å². The molecule has 0 aliphatic heterocycles. The first-order chi connectivity index (χ1) is 14.3. The van der Waals surface area contributed by atoms with Crippen LogP contribution in [0.3, 0.4) is 0 Å². The van der Waals surface area contributed by atoms with Gasteiger partial charge in [0.15, 0.2) is 6.04 Å². The Kier molecular flexibility index (Phi) is 5.12. The number of fused-ring (bicyclic) bond motifs is 1. The molecule has 0 saturated heterocycles. The molecule has 1 unspecified atom stereocenters. The SMILES string of the molecule is Cc1cccc(C(C(=O)NC(C)(C)C)n2c(-c3ccccc3)nc3ccccc32)n1. The highest BCUT2D eigenvalue weighted by Gasteiger charge is 2.31. The van der Waals surface area contributed by atoms with Gasteiger partial charge in [-0.1, -0.05) is 48.5 Å². The second-order valence-electron chi connectivity index (χ2n) is 8.51. The van der Waals surface area contributed by atoms with Crippen LogP contribution in [0.4, 0.5) is 0 Å². The normalized spacial score (nSPS) is 12.7. The summed E-state index contributed by atoms with van der Waals surface area (Å²) >= 11 is 0. The Morgan fingerprint density at radius 1 is 0.900 bits per heavy atom. The first kappa shape index (κ1) is 19.8. The molecule has 0 saturated carbocycles. The van der Waals surface area contributed by atoms with E-state index < -0.39 is 6.04 Å². The number of hydrogen-bond acceptors (Lipinski definition) is 3. The number of para-hydroxylation sites is 2. The average Bonchev–Trinajstić information content (AvgIpc) is 3.07. The van der Waals surface area contributed by atoms with Crippen LogP contribution in [-0.2, 0) is 4.79 Å². The zero-order valence-electron chi connectivity index (χ0n) is 17.8. The average molecular weight is 399 g/mol. The highest BCUT2D eigenvalue weighted by Crippen LogP contribution is 2.31. The summed E-state index contributed by atoms with van der Waals surface area (Å²) in [4.78, 5) is 23.2. The zero-order chi connectivity index (χ0) is 21.3. The number of carbonyl (C=O) groups is 1. The van der Waals surface area contributed by atoms with Gasteiger partial charge in [-0.15, -0.1) is 0 Å². The number of aryl methyl sites for hydroxylation is 1. The Morgan fingerprint density at radius 2 is 1.60 bits per heavy atom. The molecule has 4 rings (SSSR count). The van der Waals surface area contributed by atoms with Crippen LogP contribution < -0.4 is 5.32 Å². The van der Waals surface area contributed by atoms with Crippen LogP contribution in [0.15, 0.2) is 72.8 Å². The van der Waals surface area contributed by atoms with E-state index >= 15 is 0 Å². The van der Waals surface area contributed by atoms with Gasteiger partial charge in [0.2, 0.25) is 5.91 Å². The second-order valence-corrected chi connectivity index (χ2v) is 8.51. The molecule has 0 aliphatic carbocycles. The Bertz CT molecular complexity index is 1190. The summed E-state index contributed by atoms with van der Waals surface area (Å²) in [5, 5.41) is 3.14. The van der Waals surface area contributed by atoms with Gasteiger partial charge in [0.05, 0.1) is 16.7 Å². The fourth-order valence-electron chi connectivity index (χ4n) is 3.63. The summed E-state index contributed by atoms with van der Waals surface area (Å²) in [5.41, 5.74) is 3.88. The molecule has 5 nitrogen and oxygen atoms in total. The number of imidazole rings is 1. The van der Waals surface area contributed by atoms with Crippen molar-refractivity contribution in [1.82, 2.24) is 19.9 Å². The lowest BCUT2D eigenvalue weighted by atomic mass is 10.1. The van der Waals surface area contributed by atoms with Gasteiger partial charge in [-0.3, -0.25) is 9.78 Å². The van der Waals surface area contributed by atoms with Gasteiger partial charge in [-0.05, 0) is 52.0 Å². The van der Waals surface area contributed by atoms with Crippen LogP contribution in [0.1, 0.15) is 38.2 Å². The molecule has 0 radical (unpaired) electrons. The summed E-state index contributed by atoms with van der Waals surface area (Å²) in [6.45, 7) is 7.88. The van der Waals surface area contributed by atoms with Gasteiger partial charge in [0.25, 0.3) is 0 Å². The highest BCUT2D eigenvalue weighted by atomic mass is 16.2. The van der Waals surface area contributed by atoms with Crippen molar-refractivity contribution >= 4 is 16.9 Å². The molecular weight excluding hydrogens is 372 g/mol. The Balaban J connectivity index is 2.00. The van der Waals surface area contributed by atoms with Crippen molar-refractivity contribution < 1.29 is 4.79 Å². The van der Waals surface area contributed by atoms with Gasteiger partial charge in [-0.2, -0.15) is 0 Å². The van der Waals surface area contributed by atoms with E-state index in [2.05, 4.69) is 5.32 Å². The number of amides is 1. The minimum absolute atomic E-state index is 0.110. The minimum atomic E-state index is -0.647. The fourth-order valence-corrected chi connectivity index (χ4v) is 3.63. The molecule has 0 fully saturated rings. The summed E-state index contributed by atoms with van der Waals surface area (Å²) in [6.07, 6.45) is 0. The lowest BCUT2D eigenvalue weighted by Crippen LogP contribution is -2.45. The van der Waals surface area contributed by atoms with Crippen LogP contribution in [-0.4, -0.2) is 26.0 Å². The number of nitrogens with one attached hydrogen (secondary N) is 1. The molecule has 0 spiro atoms. The third kappa shape index (κ3) is 3.96.